The average Bonchev–Trinajstić information content (AvgIpc) is 3.89. The Labute approximate surface area is 436 Å². The Bertz CT molecular complexity index is 2860. The molecule has 6 aliphatic rings. The van der Waals surface area contributed by atoms with Crippen molar-refractivity contribution >= 4 is 12.2 Å². The largest absolute Gasteiger partial charge is 0.507 e. The van der Waals surface area contributed by atoms with Crippen LogP contribution >= 0.6 is 0 Å². The summed E-state index contributed by atoms with van der Waals surface area (Å²) in [4.78, 5) is 4.73. The SMILES string of the molecule is CNCC1=Cc2c(O)ccc3c2C(Cc2c4c(c5c(c2-3)OC(CO)CC5)OC(c2cc(CCCO)c(O)c(OC)c2)C(CNCNCC(C)(O)CC(C)C)(OCNC2CCCCC2)C4)C1c1ccc2c(c1)=CCN=2. The van der Waals surface area contributed by atoms with E-state index in [4.69, 9.17) is 23.9 Å². The van der Waals surface area contributed by atoms with E-state index in [1.54, 1.807) is 7.11 Å². The van der Waals surface area contributed by atoms with E-state index < -0.39 is 23.4 Å². The fourth-order valence-corrected chi connectivity index (χ4v) is 13.4. The van der Waals surface area contributed by atoms with Gasteiger partial charge < -0.3 is 60.4 Å². The lowest BCUT2D eigenvalue weighted by molar-refractivity contribution is -0.132. The summed E-state index contributed by atoms with van der Waals surface area (Å²) in [6, 6.07) is 14.7. The van der Waals surface area contributed by atoms with E-state index in [0.29, 0.717) is 107 Å². The molecular formula is C60H79N5O9. The van der Waals surface area contributed by atoms with Gasteiger partial charge in [-0.25, -0.2) is 0 Å². The highest BCUT2D eigenvalue weighted by Crippen LogP contribution is 2.61. The van der Waals surface area contributed by atoms with Gasteiger partial charge in [0.15, 0.2) is 17.6 Å². The molecule has 3 aliphatic carbocycles. The molecule has 6 unspecified atom stereocenters. The Balaban J connectivity index is 1.16. The molecule has 3 heterocycles. The van der Waals surface area contributed by atoms with Crippen LogP contribution in [0.15, 0.2) is 53.0 Å². The number of aliphatic hydroxyl groups excluding tert-OH is 2. The predicted octanol–water partition coefficient (Wildman–Crippen LogP) is 6.08. The zero-order valence-corrected chi connectivity index (χ0v) is 44.1. The van der Waals surface area contributed by atoms with Gasteiger partial charge in [0.1, 0.15) is 29.0 Å². The number of rotatable bonds is 21. The van der Waals surface area contributed by atoms with Gasteiger partial charge in [-0.05, 0) is 158 Å². The van der Waals surface area contributed by atoms with Crippen LogP contribution in [-0.4, -0.2) is 116 Å². The second-order valence-corrected chi connectivity index (χ2v) is 22.5. The summed E-state index contributed by atoms with van der Waals surface area (Å²) in [6.07, 6.45) is 12.7. The number of nitrogens with one attached hydrogen (secondary N) is 4. The molecule has 1 saturated carbocycles. The van der Waals surface area contributed by atoms with Gasteiger partial charge >= 0.3 is 0 Å². The van der Waals surface area contributed by atoms with Gasteiger partial charge in [-0.3, -0.25) is 10.3 Å². The highest BCUT2D eigenvalue weighted by molar-refractivity contribution is 5.89. The van der Waals surface area contributed by atoms with Crippen LogP contribution in [0, 0.1) is 5.92 Å². The second kappa shape index (κ2) is 22.3. The Hall–Kier alpha value is -5.03. The van der Waals surface area contributed by atoms with Crippen molar-refractivity contribution in [2.24, 2.45) is 10.9 Å². The molecule has 0 aromatic heterocycles. The zero-order valence-electron chi connectivity index (χ0n) is 44.1. The third-order valence-electron chi connectivity index (χ3n) is 16.6. The molecular weight excluding hydrogens is 935 g/mol. The van der Waals surface area contributed by atoms with Crippen LogP contribution in [0.25, 0.3) is 23.3 Å². The van der Waals surface area contributed by atoms with E-state index in [1.807, 2.05) is 32.2 Å². The van der Waals surface area contributed by atoms with E-state index in [2.05, 4.69) is 71.5 Å². The second-order valence-electron chi connectivity index (χ2n) is 22.5. The molecule has 14 heteroatoms. The van der Waals surface area contributed by atoms with E-state index >= 15 is 0 Å². The Morgan fingerprint density at radius 2 is 1.78 bits per heavy atom. The van der Waals surface area contributed by atoms with E-state index in [-0.39, 0.29) is 43.3 Å². The third-order valence-corrected chi connectivity index (χ3v) is 16.6. The molecule has 10 rings (SSSR count). The van der Waals surface area contributed by atoms with Crippen LogP contribution in [0.2, 0.25) is 0 Å². The summed E-state index contributed by atoms with van der Waals surface area (Å²) in [5.41, 5.74) is 8.81. The molecule has 1 fully saturated rings. The first-order valence-electron chi connectivity index (χ1n) is 27.4. The van der Waals surface area contributed by atoms with Gasteiger partial charge in [0.05, 0.1) is 38.0 Å². The minimum absolute atomic E-state index is 0.0329. The van der Waals surface area contributed by atoms with Crippen LogP contribution in [0.3, 0.4) is 0 Å². The summed E-state index contributed by atoms with van der Waals surface area (Å²) in [7, 11) is 3.53. The molecule has 14 nitrogen and oxygen atoms in total. The van der Waals surface area contributed by atoms with Crippen molar-refractivity contribution in [2.75, 3.05) is 66.9 Å². The van der Waals surface area contributed by atoms with Crippen LogP contribution in [0.1, 0.15) is 135 Å². The van der Waals surface area contributed by atoms with Crippen LogP contribution in [0.5, 0.6) is 28.7 Å². The highest BCUT2D eigenvalue weighted by Gasteiger charge is 2.52. The van der Waals surface area contributed by atoms with Crippen molar-refractivity contribution in [3.8, 4) is 39.9 Å². The van der Waals surface area contributed by atoms with Crippen LogP contribution < -0.4 is 46.1 Å². The number of likely N-dealkylation sites (N-methyl/N-ethyl adjacent to an activating group) is 1. The number of ether oxygens (including phenoxy) is 4. The number of hydrogen-bond acceptors (Lipinski definition) is 14. The monoisotopic (exact) mass is 1010 g/mol. The maximum atomic E-state index is 11.8. The van der Waals surface area contributed by atoms with Gasteiger partial charge in [-0.2, -0.15) is 0 Å². The molecule has 4 aromatic rings. The lowest BCUT2D eigenvalue weighted by Crippen LogP contribution is -2.56. The van der Waals surface area contributed by atoms with Gasteiger partial charge in [-0.15, -0.1) is 0 Å². The molecule has 0 radical (unpaired) electrons. The molecule has 6 atom stereocenters. The fourth-order valence-electron chi connectivity index (χ4n) is 13.4. The number of phenolic OH excluding ortho intramolecular Hbond substituents is 2. The lowest BCUT2D eigenvalue weighted by Gasteiger charge is -2.48. The number of fused-ring (bicyclic) bond motifs is 8. The normalized spacial score (nSPS) is 23.4. The lowest BCUT2D eigenvalue weighted by atomic mass is 9.62. The standard InChI is InChI=1S/C60H79N5O9/c1-35(2)27-59(3,70)31-62-33-63-32-60(72-34-65-41-11-7-6-8-12-41)28-48-45-26-47-52(37-13-17-49-36(22-37)19-20-64-49)40(29-61-4)24-46-50(68)18-16-43(53(46)47)54(45)57-44(15-14-42(30-67)73-57)56(48)74-58(60)39-23-38(10-9-21-66)55(69)51(25-39)71-5/h13,16-19,22-25,35,41-42,47,52,58,61-63,65-70H,6-12,14-15,20-21,26-34H2,1-5H3. The average molecular weight is 1010 g/mol. The topological polar surface area (TPSA) is 199 Å². The van der Waals surface area contributed by atoms with Gasteiger partial charge in [0.25, 0.3) is 0 Å². The summed E-state index contributed by atoms with van der Waals surface area (Å²) >= 11 is 0. The molecule has 0 amide bonds. The number of methoxy groups -OCH3 is 1. The fraction of sp³-hybridized carbons (Fsp3) is 0.550. The molecule has 0 bridgehead atoms. The quantitative estimate of drug-likeness (QED) is 0.0344. The molecule has 0 spiro atoms. The van der Waals surface area contributed by atoms with E-state index in [9.17, 15) is 25.5 Å². The molecule has 398 valence electrons. The van der Waals surface area contributed by atoms with Crippen LogP contribution in [-0.2, 0) is 30.4 Å². The maximum Gasteiger partial charge on any atom is 0.161 e. The molecule has 3 aliphatic heterocycles. The molecule has 74 heavy (non-hydrogen) atoms. The van der Waals surface area contributed by atoms with E-state index in [0.717, 1.165) is 73.7 Å². The summed E-state index contributed by atoms with van der Waals surface area (Å²) in [5, 5.41) is 72.0. The summed E-state index contributed by atoms with van der Waals surface area (Å²) in [5.74, 6) is 2.25. The number of benzene rings is 4. The molecule has 0 saturated heterocycles. The zero-order chi connectivity index (χ0) is 51.7. The van der Waals surface area contributed by atoms with Crippen molar-refractivity contribution in [3.05, 3.63) is 103 Å². The molecule has 9 N–H and O–H groups in total. The third kappa shape index (κ3) is 10.3. The first kappa shape index (κ1) is 52.4. The van der Waals surface area contributed by atoms with Gasteiger partial charge in [0, 0.05) is 73.5 Å². The Morgan fingerprint density at radius 1 is 0.946 bits per heavy atom. The van der Waals surface area contributed by atoms with Crippen molar-refractivity contribution < 1.29 is 44.5 Å². The Kier molecular flexibility index (Phi) is 15.8. The summed E-state index contributed by atoms with van der Waals surface area (Å²) < 4.78 is 28.1. The number of phenols is 2. The van der Waals surface area contributed by atoms with Crippen molar-refractivity contribution in [3.63, 3.8) is 0 Å². The minimum Gasteiger partial charge on any atom is -0.507 e. The summed E-state index contributed by atoms with van der Waals surface area (Å²) in [6.45, 7) is 8.65. The Morgan fingerprint density at radius 3 is 2.55 bits per heavy atom. The number of aryl methyl sites for hydroxylation is 1. The highest BCUT2D eigenvalue weighted by atomic mass is 16.6. The van der Waals surface area contributed by atoms with Gasteiger partial charge in [0.2, 0.25) is 0 Å². The first-order chi connectivity index (χ1) is 35.8. The number of hydrogen-bond donors (Lipinski definition) is 9. The van der Waals surface area contributed by atoms with Crippen molar-refractivity contribution in [1.82, 2.24) is 21.3 Å². The number of aromatic hydroxyl groups is 2. The van der Waals surface area contributed by atoms with Crippen molar-refractivity contribution in [2.45, 2.75) is 139 Å². The maximum absolute atomic E-state index is 11.8. The van der Waals surface area contributed by atoms with Crippen molar-refractivity contribution in [1.29, 1.82) is 0 Å². The first-order valence-corrected chi connectivity index (χ1v) is 27.4. The number of nitrogens with zero attached hydrogens (tertiary/aromatic N) is 1. The van der Waals surface area contributed by atoms with Gasteiger partial charge in [-0.1, -0.05) is 51.3 Å². The van der Waals surface area contributed by atoms with E-state index in [1.165, 1.54) is 30.4 Å². The predicted molar refractivity (Wildman–Crippen MR) is 288 cm³/mol. The van der Waals surface area contributed by atoms with Crippen LogP contribution in [0.4, 0.5) is 0 Å². The number of aliphatic hydroxyl groups is 3. The smallest absolute Gasteiger partial charge is 0.161 e. The minimum atomic E-state index is -1.07. The molecule has 4 aromatic carbocycles.